The molecule has 1 heterocycles. The van der Waals surface area contributed by atoms with Crippen LogP contribution in [0.1, 0.15) is 5.56 Å². The number of β-amino-alcohol motifs (C(OH)–C–C–N with tert-alkyl or cyclic N) is 1. The molecule has 0 aliphatic carbocycles. The van der Waals surface area contributed by atoms with E-state index in [4.69, 9.17) is 0 Å². The van der Waals surface area contributed by atoms with E-state index in [1.807, 2.05) is 30.3 Å². The lowest BCUT2D eigenvalue weighted by Gasteiger charge is -2.43. The van der Waals surface area contributed by atoms with Gasteiger partial charge in [0.25, 0.3) is 0 Å². The molecule has 0 unspecified atom stereocenters. The van der Waals surface area contributed by atoms with Crippen LogP contribution in [-0.4, -0.2) is 62.8 Å². The summed E-state index contributed by atoms with van der Waals surface area (Å²) in [6.07, 6.45) is -3.33. The summed E-state index contributed by atoms with van der Waals surface area (Å²) in [5.41, 5.74) is 1.03. The normalized spacial score (nSPS) is 33.6. The van der Waals surface area contributed by atoms with E-state index in [1.54, 1.807) is 4.90 Å². The standard InChI is InChI=1S/C13H19NO4/c15-8-10-12(17)13(18)11(16)7-14(10)6-9-4-2-1-3-5-9/h1-5,10-13,15-18H,6-8H2/t10-,11+,12-,13-/m1/s1. The number of hydrogen-bond donors (Lipinski definition) is 4. The zero-order chi connectivity index (χ0) is 13.1. The molecule has 1 fully saturated rings. The van der Waals surface area contributed by atoms with E-state index < -0.39 is 24.4 Å². The van der Waals surface area contributed by atoms with Gasteiger partial charge in [0.05, 0.1) is 18.8 Å². The first-order chi connectivity index (χ1) is 8.63. The maximum atomic E-state index is 9.84. The van der Waals surface area contributed by atoms with E-state index in [1.165, 1.54) is 0 Å². The first-order valence-corrected chi connectivity index (χ1v) is 6.06. The summed E-state index contributed by atoms with van der Waals surface area (Å²) in [5.74, 6) is 0. The quantitative estimate of drug-likeness (QED) is 0.552. The molecule has 0 bridgehead atoms. The molecule has 5 nitrogen and oxygen atoms in total. The molecular weight excluding hydrogens is 234 g/mol. The molecular formula is C13H19NO4. The summed E-state index contributed by atoms with van der Waals surface area (Å²) >= 11 is 0. The van der Waals surface area contributed by atoms with Crippen molar-refractivity contribution in [2.24, 2.45) is 0 Å². The van der Waals surface area contributed by atoms with Crippen molar-refractivity contribution in [3.63, 3.8) is 0 Å². The zero-order valence-electron chi connectivity index (χ0n) is 10.1. The van der Waals surface area contributed by atoms with Crippen LogP contribution in [0.3, 0.4) is 0 Å². The van der Waals surface area contributed by atoms with Gasteiger partial charge in [-0.3, -0.25) is 4.90 Å². The van der Waals surface area contributed by atoms with Crippen LogP contribution in [0.5, 0.6) is 0 Å². The summed E-state index contributed by atoms with van der Waals surface area (Å²) in [4.78, 5) is 1.79. The molecule has 1 aromatic rings. The lowest BCUT2D eigenvalue weighted by Crippen LogP contribution is -2.62. The number of piperidine rings is 1. The summed E-state index contributed by atoms with van der Waals surface area (Å²) < 4.78 is 0. The van der Waals surface area contributed by atoms with Gasteiger partial charge in [-0.25, -0.2) is 0 Å². The lowest BCUT2D eigenvalue weighted by molar-refractivity contribution is -0.147. The summed E-state index contributed by atoms with van der Waals surface area (Å²) in [6, 6.07) is 9.07. The average Bonchev–Trinajstić information content (AvgIpc) is 2.38. The van der Waals surface area contributed by atoms with Gasteiger partial charge in [-0.2, -0.15) is 0 Å². The molecule has 0 spiro atoms. The van der Waals surface area contributed by atoms with Crippen LogP contribution < -0.4 is 0 Å². The molecule has 0 radical (unpaired) electrons. The Bertz CT molecular complexity index is 373. The highest BCUT2D eigenvalue weighted by Gasteiger charge is 2.40. The third-order valence-electron chi connectivity index (χ3n) is 3.44. The minimum absolute atomic E-state index is 0.234. The van der Waals surface area contributed by atoms with E-state index in [0.717, 1.165) is 5.56 Å². The highest BCUT2D eigenvalue weighted by atomic mass is 16.4. The fourth-order valence-corrected chi connectivity index (χ4v) is 2.38. The SMILES string of the molecule is OC[C@@H]1[C@@H](O)[C@H](O)[C@@H](O)CN1Cc1ccccc1. The van der Waals surface area contributed by atoms with E-state index in [9.17, 15) is 20.4 Å². The predicted molar refractivity (Wildman–Crippen MR) is 65.7 cm³/mol. The van der Waals surface area contributed by atoms with Crippen LogP contribution >= 0.6 is 0 Å². The molecule has 100 valence electrons. The number of aliphatic hydroxyl groups excluding tert-OH is 4. The van der Waals surface area contributed by atoms with Crippen LogP contribution in [0.25, 0.3) is 0 Å². The van der Waals surface area contributed by atoms with Gasteiger partial charge in [-0.1, -0.05) is 30.3 Å². The van der Waals surface area contributed by atoms with Gasteiger partial charge in [0, 0.05) is 13.1 Å². The van der Waals surface area contributed by atoms with E-state index in [0.29, 0.717) is 6.54 Å². The molecule has 2 rings (SSSR count). The molecule has 1 aliphatic rings. The molecule has 4 N–H and O–H groups in total. The van der Waals surface area contributed by atoms with Gasteiger partial charge in [0.2, 0.25) is 0 Å². The Morgan fingerprint density at radius 1 is 1.06 bits per heavy atom. The largest absolute Gasteiger partial charge is 0.395 e. The molecule has 1 aromatic carbocycles. The smallest absolute Gasteiger partial charge is 0.109 e. The Morgan fingerprint density at radius 3 is 2.33 bits per heavy atom. The van der Waals surface area contributed by atoms with Crippen LogP contribution in [0.15, 0.2) is 30.3 Å². The first-order valence-electron chi connectivity index (χ1n) is 6.06. The van der Waals surface area contributed by atoms with Crippen LogP contribution in [0, 0.1) is 0 Å². The van der Waals surface area contributed by atoms with Crippen molar-refractivity contribution < 1.29 is 20.4 Å². The fraction of sp³-hybridized carbons (Fsp3) is 0.538. The molecule has 4 atom stereocenters. The number of benzene rings is 1. The van der Waals surface area contributed by atoms with Crippen molar-refractivity contribution in [3.05, 3.63) is 35.9 Å². The molecule has 1 saturated heterocycles. The van der Waals surface area contributed by atoms with Crippen LogP contribution in [0.4, 0.5) is 0 Å². The Morgan fingerprint density at radius 2 is 1.72 bits per heavy atom. The Labute approximate surface area is 106 Å². The van der Waals surface area contributed by atoms with E-state index in [2.05, 4.69) is 0 Å². The van der Waals surface area contributed by atoms with Gasteiger partial charge in [-0.15, -0.1) is 0 Å². The summed E-state index contributed by atoms with van der Waals surface area (Å²) in [5, 5.41) is 38.4. The van der Waals surface area contributed by atoms with Gasteiger partial charge < -0.3 is 20.4 Å². The van der Waals surface area contributed by atoms with Gasteiger partial charge >= 0.3 is 0 Å². The number of rotatable bonds is 3. The molecule has 5 heteroatoms. The maximum Gasteiger partial charge on any atom is 0.109 e. The second-order valence-electron chi connectivity index (χ2n) is 4.71. The molecule has 0 aromatic heterocycles. The molecule has 1 aliphatic heterocycles. The highest BCUT2D eigenvalue weighted by Crippen LogP contribution is 2.21. The minimum atomic E-state index is -1.20. The second-order valence-corrected chi connectivity index (χ2v) is 4.71. The number of likely N-dealkylation sites (tertiary alicyclic amines) is 1. The van der Waals surface area contributed by atoms with Gasteiger partial charge in [-0.05, 0) is 5.56 Å². The Kier molecular flexibility index (Phi) is 4.31. The summed E-state index contributed by atoms with van der Waals surface area (Å²) in [6.45, 7) is 0.503. The summed E-state index contributed by atoms with van der Waals surface area (Å²) in [7, 11) is 0. The second kappa shape index (κ2) is 5.77. The highest BCUT2D eigenvalue weighted by molar-refractivity contribution is 5.15. The van der Waals surface area contributed by atoms with E-state index in [-0.39, 0.29) is 13.2 Å². The number of aliphatic hydroxyl groups is 4. The van der Waals surface area contributed by atoms with Crippen molar-refractivity contribution in [3.8, 4) is 0 Å². The van der Waals surface area contributed by atoms with Crippen molar-refractivity contribution in [1.82, 2.24) is 4.90 Å². The number of hydrogen-bond acceptors (Lipinski definition) is 5. The first kappa shape index (κ1) is 13.5. The van der Waals surface area contributed by atoms with Crippen molar-refractivity contribution in [2.45, 2.75) is 30.9 Å². The van der Waals surface area contributed by atoms with Crippen LogP contribution in [0.2, 0.25) is 0 Å². The van der Waals surface area contributed by atoms with Crippen molar-refractivity contribution >= 4 is 0 Å². The van der Waals surface area contributed by atoms with E-state index >= 15 is 0 Å². The predicted octanol–water partition coefficient (Wildman–Crippen LogP) is -1.05. The topological polar surface area (TPSA) is 84.2 Å². The third-order valence-corrected chi connectivity index (χ3v) is 3.44. The molecule has 0 amide bonds. The monoisotopic (exact) mass is 253 g/mol. The maximum absolute atomic E-state index is 9.84. The third kappa shape index (κ3) is 2.71. The molecule has 0 saturated carbocycles. The van der Waals surface area contributed by atoms with Crippen molar-refractivity contribution in [1.29, 1.82) is 0 Å². The zero-order valence-corrected chi connectivity index (χ0v) is 10.1. The van der Waals surface area contributed by atoms with Crippen molar-refractivity contribution in [2.75, 3.05) is 13.2 Å². The van der Waals surface area contributed by atoms with Gasteiger partial charge in [0.1, 0.15) is 12.2 Å². The average molecular weight is 253 g/mol. The lowest BCUT2D eigenvalue weighted by atomic mass is 9.94. The Balaban J connectivity index is 2.10. The number of nitrogens with zero attached hydrogens (tertiary/aromatic N) is 1. The fourth-order valence-electron chi connectivity index (χ4n) is 2.38. The minimum Gasteiger partial charge on any atom is -0.395 e. The molecule has 18 heavy (non-hydrogen) atoms. The Hall–Kier alpha value is -0.980. The van der Waals surface area contributed by atoms with Crippen LogP contribution in [-0.2, 0) is 6.54 Å². The van der Waals surface area contributed by atoms with Gasteiger partial charge in [0.15, 0.2) is 0 Å².